The molecule has 4 aliphatic heterocycles. The van der Waals surface area contributed by atoms with Crippen LogP contribution in [0.25, 0.3) is 0 Å². The molecule has 0 aromatic carbocycles. The Bertz CT molecular complexity index is 1150. The number of ether oxygens (including phenoxy) is 6. The molecule has 19 N–H and O–H groups in total. The molecule has 1 saturated carbocycles. The zero-order valence-electron chi connectivity index (χ0n) is 29.7. The molecule has 4 heterocycles. The summed E-state index contributed by atoms with van der Waals surface area (Å²) in [6.45, 7) is 0.747. The number of nitrogens with two attached hydrogens (primary N) is 4. The summed E-state index contributed by atoms with van der Waals surface area (Å²) in [6.07, 6.45) is -12.5. The van der Waals surface area contributed by atoms with Gasteiger partial charge < -0.3 is 108 Å². The van der Waals surface area contributed by atoms with Crippen LogP contribution in [0.5, 0.6) is 0 Å². The van der Waals surface area contributed by atoms with Crippen LogP contribution in [0.15, 0.2) is 12.2 Å². The van der Waals surface area contributed by atoms with Gasteiger partial charge in [-0.3, -0.25) is 0 Å². The van der Waals surface area contributed by atoms with Crippen LogP contribution >= 0.6 is 0 Å². The summed E-state index contributed by atoms with van der Waals surface area (Å²) in [5.41, 5.74) is 23.9. The highest BCUT2D eigenvalue weighted by atomic mass is 16.8. The van der Waals surface area contributed by atoms with Gasteiger partial charge in [-0.1, -0.05) is 12.2 Å². The first kappa shape index (κ1) is 43.0. The van der Waals surface area contributed by atoms with Crippen LogP contribution in [0.4, 0.5) is 0 Å². The predicted molar refractivity (Wildman–Crippen MR) is 183 cm³/mol. The molecule has 5 rings (SSSR count). The quantitative estimate of drug-likeness (QED) is 0.0648. The van der Waals surface area contributed by atoms with Gasteiger partial charge in [-0.2, -0.15) is 0 Å². The lowest BCUT2D eigenvalue weighted by Gasteiger charge is -2.46. The van der Waals surface area contributed by atoms with Crippen LogP contribution in [-0.2, 0) is 28.4 Å². The lowest BCUT2D eigenvalue weighted by atomic mass is 9.83. The van der Waals surface area contributed by atoms with Crippen LogP contribution in [0.3, 0.4) is 0 Å². The SMILES string of the molecule is NCC1OC(OC2C(CO)OC(OC3C(O)C(NCC(O)CO)CC(N)C3OC3OC(CNCC4(O)CCNCC4)C=CC3N)C2O)C(N)C(O)C1O. The first-order valence-electron chi connectivity index (χ1n) is 18.4. The minimum absolute atomic E-state index is 0.0814. The van der Waals surface area contributed by atoms with E-state index in [0.717, 1.165) is 13.1 Å². The van der Waals surface area contributed by atoms with Gasteiger partial charge in [0, 0.05) is 38.3 Å². The summed E-state index contributed by atoms with van der Waals surface area (Å²) in [4.78, 5) is 0. The van der Waals surface area contributed by atoms with E-state index in [0.29, 0.717) is 25.9 Å². The summed E-state index contributed by atoms with van der Waals surface area (Å²) >= 11 is 0. The maximum Gasteiger partial charge on any atom is 0.187 e. The Hall–Kier alpha value is -1.10. The zero-order valence-corrected chi connectivity index (χ0v) is 29.7. The molecule has 0 aromatic heterocycles. The fourth-order valence-corrected chi connectivity index (χ4v) is 7.40. The Labute approximate surface area is 307 Å². The lowest BCUT2D eigenvalue weighted by molar-refractivity contribution is -0.284. The van der Waals surface area contributed by atoms with Gasteiger partial charge in [0.15, 0.2) is 18.9 Å². The van der Waals surface area contributed by atoms with Gasteiger partial charge in [-0.15, -0.1) is 0 Å². The normalized spacial score (nSPS) is 45.3. The van der Waals surface area contributed by atoms with Crippen molar-refractivity contribution in [2.45, 2.75) is 135 Å². The van der Waals surface area contributed by atoms with E-state index in [-0.39, 0.29) is 19.5 Å². The van der Waals surface area contributed by atoms with Gasteiger partial charge in [-0.05, 0) is 32.4 Å². The number of hydrogen-bond acceptors (Lipinski definition) is 21. The van der Waals surface area contributed by atoms with E-state index in [1.54, 1.807) is 12.2 Å². The fourth-order valence-electron chi connectivity index (χ4n) is 7.40. The van der Waals surface area contributed by atoms with Crippen LogP contribution in [0.1, 0.15) is 19.3 Å². The van der Waals surface area contributed by atoms with Gasteiger partial charge >= 0.3 is 0 Å². The minimum Gasteiger partial charge on any atom is -0.394 e. The highest BCUT2D eigenvalue weighted by Gasteiger charge is 2.54. The molecule has 0 bridgehead atoms. The molecule has 18 unspecified atom stereocenters. The molecule has 3 saturated heterocycles. The van der Waals surface area contributed by atoms with E-state index in [1.807, 2.05) is 0 Å². The fraction of sp³-hybridized carbons (Fsp3) is 0.938. The van der Waals surface area contributed by atoms with Gasteiger partial charge in [-0.25, -0.2) is 0 Å². The van der Waals surface area contributed by atoms with Crippen LogP contribution in [-0.4, -0.2) is 209 Å². The molecule has 18 atom stereocenters. The standard InChI is InChI=1S/C32H61N7O14/c33-8-19-23(44)24(45)21(36)30(49-19)52-27-20(12-41)50-31(25(27)46)53-28-22(43)18(39-9-14(42)11-40)7-17(35)26(28)51-29-16(34)2-1-15(48-29)10-38-13-32(47)3-5-37-6-4-32/h1-2,14-31,37-47H,3-13,33-36H2. The number of piperidine rings is 1. The number of hydrogen-bond donors (Lipinski definition) is 15. The zero-order chi connectivity index (χ0) is 38.4. The van der Waals surface area contributed by atoms with Crippen LogP contribution in [0.2, 0.25) is 0 Å². The lowest BCUT2D eigenvalue weighted by Crippen LogP contribution is -2.66. The van der Waals surface area contributed by atoms with Gasteiger partial charge in [0.2, 0.25) is 0 Å². The smallest absolute Gasteiger partial charge is 0.187 e. The second-order valence-electron chi connectivity index (χ2n) is 14.7. The number of rotatable bonds is 16. The van der Waals surface area contributed by atoms with Gasteiger partial charge in [0.05, 0.1) is 49.2 Å². The molecule has 21 nitrogen and oxygen atoms in total. The van der Waals surface area contributed by atoms with Gasteiger partial charge in [0.1, 0.15) is 48.8 Å². The molecule has 0 spiro atoms. The van der Waals surface area contributed by atoms with Crippen molar-refractivity contribution >= 4 is 0 Å². The molecule has 0 radical (unpaired) electrons. The Morgan fingerprint density at radius 1 is 0.830 bits per heavy atom. The molecule has 53 heavy (non-hydrogen) atoms. The average molecular weight is 768 g/mol. The molecule has 4 fully saturated rings. The second-order valence-corrected chi connectivity index (χ2v) is 14.7. The molecule has 0 amide bonds. The highest BCUT2D eigenvalue weighted by molar-refractivity contribution is 5.06. The Kier molecular flexibility index (Phi) is 15.7. The van der Waals surface area contributed by atoms with Crippen molar-refractivity contribution in [3.63, 3.8) is 0 Å². The van der Waals surface area contributed by atoms with Crippen LogP contribution < -0.4 is 38.9 Å². The molecular formula is C32H61N7O14. The van der Waals surface area contributed by atoms with Crippen molar-refractivity contribution in [2.75, 3.05) is 52.5 Å². The van der Waals surface area contributed by atoms with Crippen molar-refractivity contribution in [1.82, 2.24) is 16.0 Å². The third-order valence-corrected chi connectivity index (χ3v) is 10.7. The van der Waals surface area contributed by atoms with E-state index in [9.17, 15) is 40.9 Å². The Morgan fingerprint density at radius 2 is 1.51 bits per heavy atom. The summed E-state index contributed by atoms with van der Waals surface area (Å²) in [5, 5.41) is 93.5. The topological polar surface area (TPSA) is 357 Å². The van der Waals surface area contributed by atoms with Gasteiger partial charge in [0.25, 0.3) is 0 Å². The maximum atomic E-state index is 11.6. The Balaban J connectivity index is 1.28. The molecule has 21 heteroatoms. The summed E-state index contributed by atoms with van der Waals surface area (Å²) in [7, 11) is 0. The van der Waals surface area contributed by atoms with E-state index in [2.05, 4.69) is 16.0 Å². The minimum atomic E-state index is -1.61. The van der Waals surface area contributed by atoms with Crippen molar-refractivity contribution in [2.24, 2.45) is 22.9 Å². The van der Waals surface area contributed by atoms with E-state index in [1.165, 1.54) is 0 Å². The summed E-state index contributed by atoms with van der Waals surface area (Å²) < 4.78 is 36.2. The molecular weight excluding hydrogens is 706 g/mol. The number of aliphatic hydroxyl groups is 8. The molecule has 308 valence electrons. The third-order valence-electron chi connectivity index (χ3n) is 10.7. The maximum absolute atomic E-state index is 11.6. The second kappa shape index (κ2) is 19.4. The largest absolute Gasteiger partial charge is 0.394 e. The third kappa shape index (κ3) is 10.5. The summed E-state index contributed by atoms with van der Waals surface area (Å²) in [5.74, 6) is 0. The first-order chi connectivity index (χ1) is 25.3. The van der Waals surface area contributed by atoms with Crippen molar-refractivity contribution in [3.8, 4) is 0 Å². The highest BCUT2D eigenvalue weighted by Crippen LogP contribution is 2.34. The molecule has 1 aliphatic carbocycles. The Morgan fingerprint density at radius 3 is 2.19 bits per heavy atom. The number of nitrogens with one attached hydrogen (secondary N) is 3. The van der Waals surface area contributed by atoms with Crippen molar-refractivity contribution in [3.05, 3.63) is 12.2 Å². The van der Waals surface area contributed by atoms with Crippen molar-refractivity contribution in [1.29, 1.82) is 0 Å². The van der Waals surface area contributed by atoms with E-state index >= 15 is 0 Å². The molecule has 5 aliphatic rings. The molecule has 0 aromatic rings. The average Bonchev–Trinajstić information content (AvgIpc) is 3.44. The first-order valence-corrected chi connectivity index (χ1v) is 18.4. The predicted octanol–water partition coefficient (Wildman–Crippen LogP) is -8.33. The van der Waals surface area contributed by atoms with E-state index in [4.69, 9.17) is 51.4 Å². The number of aliphatic hydroxyl groups excluding tert-OH is 7. The van der Waals surface area contributed by atoms with Crippen molar-refractivity contribution < 1.29 is 69.3 Å². The van der Waals surface area contributed by atoms with E-state index < -0.39 is 129 Å². The summed E-state index contributed by atoms with van der Waals surface area (Å²) in [6, 6.07) is -3.59. The monoisotopic (exact) mass is 767 g/mol. The van der Waals surface area contributed by atoms with Crippen LogP contribution in [0, 0.1) is 0 Å².